The highest BCUT2D eigenvalue weighted by atomic mass is 19.1. The highest BCUT2D eigenvalue weighted by molar-refractivity contribution is 5.96. The molecule has 0 bridgehead atoms. The van der Waals surface area contributed by atoms with Crippen LogP contribution in [0.5, 0.6) is 11.5 Å². The third-order valence-corrected chi connectivity index (χ3v) is 6.64. The number of imidazole rings is 1. The Morgan fingerprint density at radius 2 is 1.89 bits per heavy atom. The van der Waals surface area contributed by atoms with Gasteiger partial charge in [0.1, 0.15) is 11.6 Å². The molecule has 2 heterocycles. The molecule has 5 rings (SSSR count). The van der Waals surface area contributed by atoms with Crippen LogP contribution in [0, 0.1) is 5.82 Å². The normalized spacial score (nSPS) is 15.7. The number of aromatic nitrogens is 2. The van der Waals surface area contributed by atoms with Crippen LogP contribution in [0.25, 0.3) is 17.1 Å². The Labute approximate surface area is 215 Å². The molecule has 37 heavy (non-hydrogen) atoms. The third-order valence-electron chi connectivity index (χ3n) is 6.64. The largest absolute Gasteiger partial charge is 0.493 e. The Morgan fingerprint density at radius 1 is 1.08 bits per heavy atom. The number of nitrogens with zero attached hydrogens (tertiary/aromatic N) is 3. The third kappa shape index (κ3) is 5.21. The molecule has 1 aromatic heterocycles. The molecular formula is C30H30FN3O3. The number of anilines is 1. The fraction of sp³-hybridized carbons (Fsp3) is 0.267. The van der Waals surface area contributed by atoms with Crippen molar-refractivity contribution in [3.05, 3.63) is 90.0 Å². The first-order valence-corrected chi connectivity index (χ1v) is 12.5. The van der Waals surface area contributed by atoms with Crippen molar-refractivity contribution >= 4 is 28.7 Å². The predicted molar refractivity (Wildman–Crippen MR) is 144 cm³/mol. The van der Waals surface area contributed by atoms with E-state index < -0.39 is 0 Å². The Kier molecular flexibility index (Phi) is 7.21. The molecular weight excluding hydrogens is 469 g/mol. The first-order valence-electron chi connectivity index (χ1n) is 12.5. The average Bonchev–Trinajstić information content (AvgIpc) is 3.48. The number of carbonyl (C=O) groups is 1. The summed E-state index contributed by atoms with van der Waals surface area (Å²) in [6.07, 6.45) is 5.13. The Bertz CT molecular complexity index is 1430. The Hall–Kier alpha value is -4.13. The van der Waals surface area contributed by atoms with Crippen LogP contribution in [0.15, 0.2) is 72.8 Å². The molecule has 0 N–H and O–H groups in total. The molecule has 1 saturated heterocycles. The van der Waals surface area contributed by atoms with E-state index in [1.807, 2.05) is 55.5 Å². The SMILES string of the molecule is C/C=C/c1ccc(OCCCn2c(C3CC(=O)N(c4ccc(F)cc4)C3)nc3ccccc32)c(OC)c1. The number of hydrogen-bond donors (Lipinski definition) is 0. The quantitative estimate of drug-likeness (QED) is 0.257. The van der Waals surface area contributed by atoms with Crippen molar-refractivity contribution < 1.29 is 18.7 Å². The molecule has 1 aliphatic rings. The van der Waals surface area contributed by atoms with Gasteiger partial charge in [0.25, 0.3) is 0 Å². The van der Waals surface area contributed by atoms with Crippen LogP contribution in [-0.4, -0.2) is 35.7 Å². The molecule has 1 unspecified atom stereocenters. The molecule has 4 aromatic rings. The summed E-state index contributed by atoms with van der Waals surface area (Å²) in [5.74, 6) is 1.96. The van der Waals surface area contributed by atoms with Crippen LogP contribution in [0.3, 0.4) is 0 Å². The summed E-state index contributed by atoms with van der Waals surface area (Å²) in [6, 6.07) is 20.0. The molecule has 0 radical (unpaired) electrons. The number of aryl methyl sites for hydroxylation is 1. The summed E-state index contributed by atoms with van der Waals surface area (Å²) in [7, 11) is 1.64. The lowest BCUT2D eigenvalue weighted by Crippen LogP contribution is -2.24. The van der Waals surface area contributed by atoms with Crippen LogP contribution < -0.4 is 14.4 Å². The van der Waals surface area contributed by atoms with E-state index in [4.69, 9.17) is 14.5 Å². The maximum absolute atomic E-state index is 13.4. The Morgan fingerprint density at radius 3 is 2.68 bits per heavy atom. The van der Waals surface area contributed by atoms with Crippen LogP contribution in [0.2, 0.25) is 0 Å². The number of rotatable bonds is 9. The van der Waals surface area contributed by atoms with E-state index >= 15 is 0 Å². The second kappa shape index (κ2) is 10.9. The van der Waals surface area contributed by atoms with Gasteiger partial charge in [0, 0.05) is 31.1 Å². The lowest BCUT2D eigenvalue weighted by molar-refractivity contribution is -0.117. The van der Waals surface area contributed by atoms with Crippen molar-refractivity contribution in [1.82, 2.24) is 9.55 Å². The van der Waals surface area contributed by atoms with Gasteiger partial charge in [0.05, 0.1) is 24.8 Å². The second-order valence-electron chi connectivity index (χ2n) is 9.10. The van der Waals surface area contributed by atoms with E-state index in [-0.39, 0.29) is 17.6 Å². The molecule has 1 fully saturated rings. The number of methoxy groups -OCH3 is 1. The first-order chi connectivity index (χ1) is 18.1. The molecule has 0 saturated carbocycles. The summed E-state index contributed by atoms with van der Waals surface area (Å²) in [6.45, 7) is 3.71. The van der Waals surface area contributed by atoms with E-state index in [9.17, 15) is 9.18 Å². The topological polar surface area (TPSA) is 56.6 Å². The number of fused-ring (bicyclic) bond motifs is 1. The van der Waals surface area contributed by atoms with Gasteiger partial charge in [-0.25, -0.2) is 9.37 Å². The molecule has 0 aliphatic carbocycles. The summed E-state index contributed by atoms with van der Waals surface area (Å²) >= 11 is 0. The van der Waals surface area contributed by atoms with Gasteiger partial charge in [-0.05, 0) is 67.4 Å². The van der Waals surface area contributed by atoms with Gasteiger partial charge in [0.15, 0.2) is 11.5 Å². The van der Waals surface area contributed by atoms with Crippen LogP contribution in [-0.2, 0) is 11.3 Å². The first kappa shape index (κ1) is 24.6. The molecule has 0 spiro atoms. The van der Waals surface area contributed by atoms with Crippen LogP contribution in [0.4, 0.5) is 10.1 Å². The van der Waals surface area contributed by atoms with Gasteiger partial charge >= 0.3 is 0 Å². The molecule has 7 heteroatoms. The lowest BCUT2D eigenvalue weighted by Gasteiger charge is -2.17. The fourth-order valence-corrected chi connectivity index (χ4v) is 4.90. The van der Waals surface area contributed by atoms with Crippen molar-refractivity contribution in [3.63, 3.8) is 0 Å². The summed E-state index contributed by atoms with van der Waals surface area (Å²) in [4.78, 5) is 19.5. The van der Waals surface area contributed by atoms with Gasteiger partial charge in [-0.2, -0.15) is 0 Å². The highest BCUT2D eigenvalue weighted by Gasteiger charge is 2.34. The number of hydrogen-bond acceptors (Lipinski definition) is 4. The Balaban J connectivity index is 1.31. The van der Waals surface area contributed by atoms with Gasteiger partial charge in [-0.15, -0.1) is 0 Å². The highest BCUT2D eigenvalue weighted by Crippen LogP contribution is 2.34. The van der Waals surface area contributed by atoms with Crippen LogP contribution in [0.1, 0.15) is 37.1 Å². The molecule has 1 atom stereocenters. The monoisotopic (exact) mass is 499 g/mol. The number of carbonyl (C=O) groups excluding carboxylic acids is 1. The molecule has 6 nitrogen and oxygen atoms in total. The van der Waals surface area contributed by atoms with E-state index in [2.05, 4.69) is 10.6 Å². The number of halogens is 1. The smallest absolute Gasteiger partial charge is 0.227 e. The van der Waals surface area contributed by atoms with Crippen molar-refractivity contribution in [2.45, 2.75) is 32.2 Å². The van der Waals surface area contributed by atoms with E-state index in [1.165, 1.54) is 12.1 Å². The van der Waals surface area contributed by atoms with Gasteiger partial charge < -0.3 is 18.9 Å². The molecule has 1 aliphatic heterocycles. The van der Waals surface area contributed by atoms with E-state index in [1.54, 1.807) is 24.1 Å². The average molecular weight is 500 g/mol. The standard InChI is InChI=1S/C30H30FN3O3/c1-3-7-21-10-15-27(28(18-21)36-2)37-17-6-16-33-26-9-5-4-8-25(26)32-30(33)22-19-29(35)34(20-22)24-13-11-23(31)12-14-24/h3-5,7-15,18,22H,6,16-17,19-20H2,1-2H3/b7-3+. The maximum Gasteiger partial charge on any atom is 0.227 e. The van der Waals surface area contributed by atoms with E-state index in [0.29, 0.717) is 43.3 Å². The summed E-state index contributed by atoms with van der Waals surface area (Å²) < 4.78 is 27.2. The van der Waals surface area contributed by atoms with Crippen molar-refractivity contribution in [2.75, 3.05) is 25.2 Å². The van der Waals surface area contributed by atoms with Crippen LogP contribution >= 0.6 is 0 Å². The minimum absolute atomic E-state index is 0.0204. The number of benzene rings is 3. The number of ether oxygens (including phenoxy) is 2. The zero-order chi connectivity index (χ0) is 25.8. The van der Waals surface area contributed by atoms with Gasteiger partial charge in [0.2, 0.25) is 5.91 Å². The summed E-state index contributed by atoms with van der Waals surface area (Å²) in [5.41, 5.74) is 3.71. The van der Waals surface area contributed by atoms with Crippen molar-refractivity contribution in [1.29, 1.82) is 0 Å². The van der Waals surface area contributed by atoms with Crippen molar-refractivity contribution in [2.24, 2.45) is 0 Å². The zero-order valence-corrected chi connectivity index (χ0v) is 21.1. The van der Waals surface area contributed by atoms with E-state index in [0.717, 1.165) is 28.8 Å². The number of para-hydroxylation sites is 2. The zero-order valence-electron chi connectivity index (χ0n) is 21.1. The molecule has 3 aromatic carbocycles. The number of amides is 1. The summed E-state index contributed by atoms with van der Waals surface area (Å²) in [5, 5.41) is 0. The maximum atomic E-state index is 13.4. The predicted octanol–water partition coefficient (Wildman–Crippen LogP) is 6.21. The minimum atomic E-state index is -0.317. The number of allylic oxidation sites excluding steroid dienone is 1. The van der Waals surface area contributed by atoms with Gasteiger partial charge in [-0.3, -0.25) is 4.79 Å². The van der Waals surface area contributed by atoms with Gasteiger partial charge in [-0.1, -0.05) is 30.4 Å². The lowest BCUT2D eigenvalue weighted by atomic mass is 10.1. The fourth-order valence-electron chi connectivity index (χ4n) is 4.90. The van der Waals surface area contributed by atoms with Crippen molar-refractivity contribution in [3.8, 4) is 11.5 Å². The minimum Gasteiger partial charge on any atom is -0.493 e. The second-order valence-corrected chi connectivity index (χ2v) is 9.10. The molecule has 190 valence electrons. The molecule has 1 amide bonds.